The number of hydrogen-bond acceptors (Lipinski definition) is 5. The van der Waals surface area contributed by atoms with Crippen molar-refractivity contribution in [3.8, 4) is 0 Å². The third-order valence-electron chi connectivity index (χ3n) is 4.05. The van der Waals surface area contributed by atoms with E-state index in [1.54, 1.807) is 0 Å². The number of aryl methyl sites for hydroxylation is 1. The highest BCUT2D eigenvalue weighted by Crippen LogP contribution is 2.46. The smallest absolute Gasteiger partial charge is 0.350 e. The van der Waals surface area contributed by atoms with E-state index in [1.807, 2.05) is 6.92 Å². The van der Waals surface area contributed by atoms with Crippen LogP contribution in [-0.4, -0.2) is 24.1 Å². The molecule has 0 aliphatic heterocycles. The molecule has 1 heterocycles. The van der Waals surface area contributed by atoms with Gasteiger partial charge in [-0.25, -0.2) is 9.78 Å². The fourth-order valence-electron chi connectivity index (χ4n) is 3.86. The molecule has 2 rings (SSSR count). The highest BCUT2D eigenvalue weighted by Gasteiger charge is 2.38. The van der Waals surface area contributed by atoms with Gasteiger partial charge in [0.1, 0.15) is 4.88 Å². The number of rotatable bonds is 3. The summed E-state index contributed by atoms with van der Waals surface area (Å²) < 4.78 is 4.79. The van der Waals surface area contributed by atoms with Crippen molar-refractivity contribution in [2.75, 3.05) is 12.4 Å². The minimum absolute atomic E-state index is 0.303. The molecule has 1 fully saturated rings. The molecule has 0 bridgehead atoms. The lowest BCUT2D eigenvalue weighted by Crippen LogP contribution is -2.40. The molecule has 1 aromatic heterocycles. The van der Waals surface area contributed by atoms with Gasteiger partial charge >= 0.3 is 5.97 Å². The second-order valence-corrected chi connectivity index (χ2v) is 8.68. The number of nitrogens with one attached hydrogen (secondary N) is 1. The normalized spacial score (nSPS) is 21.0. The van der Waals surface area contributed by atoms with E-state index in [0.717, 1.165) is 23.7 Å². The number of esters is 1. The first-order valence-corrected chi connectivity index (χ1v) is 8.26. The summed E-state index contributed by atoms with van der Waals surface area (Å²) in [6.07, 6.45) is 3.49. The predicted octanol–water partition coefficient (Wildman–Crippen LogP) is 4.25. The molecular weight excluding hydrogens is 284 g/mol. The minimum Gasteiger partial charge on any atom is -0.465 e. The fourth-order valence-corrected chi connectivity index (χ4v) is 4.82. The molecule has 0 aromatic carbocycles. The van der Waals surface area contributed by atoms with E-state index in [0.29, 0.717) is 21.7 Å². The van der Waals surface area contributed by atoms with E-state index < -0.39 is 0 Å². The highest BCUT2D eigenvalue weighted by molar-refractivity contribution is 7.17. The lowest BCUT2D eigenvalue weighted by molar-refractivity contribution is 0.0605. The van der Waals surface area contributed by atoms with Gasteiger partial charge in [-0.1, -0.05) is 39.0 Å². The number of nitrogens with zero attached hydrogens (tertiary/aromatic N) is 1. The number of aromatic nitrogens is 1. The average Bonchev–Trinajstić information content (AvgIpc) is 2.64. The number of thiazole rings is 1. The fraction of sp³-hybridized carbons (Fsp3) is 0.750. The van der Waals surface area contributed by atoms with Crippen molar-refractivity contribution in [3.63, 3.8) is 0 Å². The Labute approximate surface area is 131 Å². The summed E-state index contributed by atoms with van der Waals surface area (Å²) in [6, 6.07) is 0.403. The van der Waals surface area contributed by atoms with Crippen LogP contribution in [0.15, 0.2) is 0 Å². The quantitative estimate of drug-likeness (QED) is 0.848. The number of carbonyl (C=O) groups excluding carboxylic acids is 1. The third-order valence-corrected chi connectivity index (χ3v) is 5.12. The second kappa shape index (κ2) is 5.59. The molecule has 1 aliphatic rings. The number of ether oxygens (including phenoxy) is 1. The van der Waals surface area contributed by atoms with E-state index in [2.05, 4.69) is 38.0 Å². The molecule has 1 saturated carbocycles. The van der Waals surface area contributed by atoms with E-state index in [4.69, 9.17) is 4.74 Å². The number of carbonyl (C=O) groups is 1. The van der Waals surface area contributed by atoms with E-state index in [-0.39, 0.29) is 5.97 Å². The molecule has 0 saturated heterocycles. The monoisotopic (exact) mass is 310 g/mol. The topological polar surface area (TPSA) is 51.2 Å². The Balaban J connectivity index is 2.13. The van der Waals surface area contributed by atoms with Crippen molar-refractivity contribution >= 4 is 22.4 Å². The Bertz CT molecular complexity index is 518. The van der Waals surface area contributed by atoms with Gasteiger partial charge < -0.3 is 10.1 Å². The summed E-state index contributed by atoms with van der Waals surface area (Å²) in [5, 5.41) is 4.36. The SMILES string of the molecule is COC(=O)c1sc(NC2CC(C)(C)CC(C)(C)C2)nc1C. The van der Waals surface area contributed by atoms with E-state index >= 15 is 0 Å². The summed E-state index contributed by atoms with van der Waals surface area (Å²) in [7, 11) is 1.40. The first-order chi connectivity index (χ1) is 9.62. The maximum Gasteiger partial charge on any atom is 0.350 e. The largest absolute Gasteiger partial charge is 0.465 e. The van der Waals surface area contributed by atoms with Crippen LogP contribution >= 0.6 is 11.3 Å². The van der Waals surface area contributed by atoms with Crippen LogP contribution in [0.3, 0.4) is 0 Å². The molecule has 1 N–H and O–H groups in total. The third kappa shape index (κ3) is 3.96. The van der Waals surface area contributed by atoms with Crippen LogP contribution in [0.4, 0.5) is 5.13 Å². The lowest BCUT2D eigenvalue weighted by Gasteiger charge is -2.45. The van der Waals surface area contributed by atoms with Crippen LogP contribution in [0.25, 0.3) is 0 Å². The summed E-state index contributed by atoms with van der Waals surface area (Å²) in [5.41, 5.74) is 1.40. The van der Waals surface area contributed by atoms with Gasteiger partial charge in [0.15, 0.2) is 5.13 Å². The first-order valence-electron chi connectivity index (χ1n) is 7.44. The molecule has 5 heteroatoms. The van der Waals surface area contributed by atoms with Crippen molar-refractivity contribution in [1.82, 2.24) is 4.98 Å². The zero-order chi connectivity index (χ0) is 15.8. The molecule has 1 aromatic rings. The number of anilines is 1. The van der Waals surface area contributed by atoms with Gasteiger partial charge in [-0.3, -0.25) is 0 Å². The Morgan fingerprint density at radius 2 is 1.86 bits per heavy atom. The van der Waals surface area contributed by atoms with Crippen molar-refractivity contribution in [2.24, 2.45) is 10.8 Å². The Kier molecular flexibility index (Phi) is 4.34. The molecule has 21 heavy (non-hydrogen) atoms. The second-order valence-electron chi connectivity index (χ2n) is 7.68. The zero-order valence-electron chi connectivity index (χ0n) is 13.9. The van der Waals surface area contributed by atoms with Crippen LogP contribution in [0.1, 0.15) is 62.3 Å². The van der Waals surface area contributed by atoms with Gasteiger partial charge in [0.25, 0.3) is 0 Å². The van der Waals surface area contributed by atoms with Crippen LogP contribution in [0, 0.1) is 17.8 Å². The number of hydrogen-bond donors (Lipinski definition) is 1. The highest BCUT2D eigenvalue weighted by atomic mass is 32.1. The summed E-state index contributed by atoms with van der Waals surface area (Å²) in [4.78, 5) is 16.7. The van der Waals surface area contributed by atoms with Gasteiger partial charge in [0, 0.05) is 6.04 Å². The average molecular weight is 310 g/mol. The van der Waals surface area contributed by atoms with Gasteiger partial charge in [-0.15, -0.1) is 0 Å². The Hall–Kier alpha value is -1.10. The molecule has 118 valence electrons. The van der Waals surface area contributed by atoms with E-state index in [9.17, 15) is 4.79 Å². The van der Waals surface area contributed by atoms with Crippen LogP contribution in [-0.2, 0) is 4.74 Å². The van der Waals surface area contributed by atoms with Crippen molar-refractivity contribution < 1.29 is 9.53 Å². The molecule has 0 radical (unpaired) electrons. The zero-order valence-corrected chi connectivity index (χ0v) is 14.7. The van der Waals surface area contributed by atoms with Gasteiger partial charge in [-0.2, -0.15) is 0 Å². The predicted molar refractivity (Wildman–Crippen MR) is 87.0 cm³/mol. The maximum atomic E-state index is 11.7. The van der Waals surface area contributed by atoms with Crippen molar-refractivity contribution in [3.05, 3.63) is 10.6 Å². The number of methoxy groups -OCH3 is 1. The van der Waals surface area contributed by atoms with Crippen LogP contribution in [0.5, 0.6) is 0 Å². The maximum absolute atomic E-state index is 11.7. The first kappa shape index (κ1) is 16.3. The standard InChI is InChI=1S/C16H26N2O2S/c1-10-12(13(19)20-6)21-14(17-10)18-11-7-15(2,3)9-16(4,5)8-11/h11H,7-9H2,1-6H3,(H,17,18). The molecule has 0 amide bonds. The Morgan fingerprint density at radius 1 is 1.29 bits per heavy atom. The molecular formula is C16H26N2O2S. The molecule has 0 unspecified atom stereocenters. The summed E-state index contributed by atoms with van der Waals surface area (Å²) in [5.74, 6) is -0.303. The lowest BCUT2D eigenvalue weighted by atomic mass is 9.63. The molecule has 4 nitrogen and oxygen atoms in total. The molecule has 1 aliphatic carbocycles. The van der Waals surface area contributed by atoms with Crippen LogP contribution in [0.2, 0.25) is 0 Å². The van der Waals surface area contributed by atoms with E-state index in [1.165, 1.54) is 24.9 Å². The van der Waals surface area contributed by atoms with Gasteiger partial charge in [0.2, 0.25) is 0 Å². The molecule has 0 atom stereocenters. The van der Waals surface area contributed by atoms with Crippen molar-refractivity contribution in [1.29, 1.82) is 0 Å². The van der Waals surface area contributed by atoms with Gasteiger partial charge in [-0.05, 0) is 37.0 Å². The van der Waals surface area contributed by atoms with Crippen LogP contribution < -0.4 is 5.32 Å². The summed E-state index contributed by atoms with van der Waals surface area (Å²) in [6.45, 7) is 11.2. The minimum atomic E-state index is -0.303. The molecule has 0 spiro atoms. The summed E-state index contributed by atoms with van der Waals surface area (Å²) >= 11 is 1.39. The van der Waals surface area contributed by atoms with Crippen molar-refractivity contribution in [2.45, 2.75) is 59.9 Å². The van der Waals surface area contributed by atoms with Gasteiger partial charge in [0.05, 0.1) is 12.8 Å². The Morgan fingerprint density at radius 3 is 2.38 bits per heavy atom.